The molecule has 0 fully saturated rings. The fourth-order valence-corrected chi connectivity index (χ4v) is 2.16. The third-order valence-electron chi connectivity index (χ3n) is 3.06. The average Bonchev–Trinajstić information content (AvgIpc) is 2.57. The van der Waals surface area contributed by atoms with E-state index in [0.717, 1.165) is 5.56 Å². The molecule has 6 heteroatoms. The second kappa shape index (κ2) is 8.52. The summed E-state index contributed by atoms with van der Waals surface area (Å²) in [4.78, 5) is 23.8. The normalized spacial score (nSPS) is 12.0. The number of nitrogens with one attached hydrogen (secondary N) is 1. The highest BCUT2D eigenvalue weighted by atomic mass is 35.5. The molecular weight excluding hydrogens is 349 g/mol. The van der Waals surface area contributed by atoms with Crippen molar-refractivity contribution in [2.24, 2.45) is 0 Å². The van der Waals surface area contributed by atoms with Gasteiger partial charge in [0.2, 0.25) is 0 Å². The predicted octanol–water partition coefficient (Wildman–Crippen LogP) is 4.58. The number of hydrogen-bond donors (Lipinski definition) is 1. The first-order valence-corrected chi connectivity index (χ1v) is 7.91. The SMILES string of the molecule is CC(OC(=O)/C=C/c1ccccc1)C(=O)Nc1cc(Cl)ccc1Cl. The van der Waals surface area contributed by atoms with Crippen molar-refractivity contribution >= 4 is 46.8 Å². The number of esters is 1. The van der Waals surface area contributed by atoms with Crippen molar-refractivity contribution in [2.75, 3.05) is 5.32 Å². The molecule has 0 aromatic heterocycles. The van der Waals surface area contributed by atoms with E-state index in [9.17, 15) is 9.59 Å². The highest BCUT2D eigenvalue weighted by Crippen LogP contribution is 2.25. The zero-order chi connectivity index (χ0) is 17.5. The van der Waals surface area contributed by atoms with Crippen LogP contribution in [0.15, 0.2) is 54.6 Å². The molecule has 0 aliphatic heterocycles. The summed E-state index contributed by atoms with van der Waals surface area (Å²) in [5.41, 5.74) is 1.22. The number of ether oxygens (including phenoxy) is 1. The second-order valence-corrected chi connectivity index (χ2v) is 5.78. The fraction of sp³-hybridized carbons (Fsp3) is 0.111. The lowest BCUT2D eigenvalue weighted by atomic mass is 10.2. The van der Waals surface area contributed by atoms with Crippen molar-refractivity contribution in [1.29, 1.82) is 0 Å². The lowest BCUT2D eigenvalue weighted by Gasteiger charge is -2.13. The number of benzene rings is 2. The van der Waals surface area contributed by atoms with E-state index in [1.807, 2.05) is 30.3 Å². The number of anilines is 1. The van der Waals surface area contributed by atoms with Gasteiger partial charge in [-0.2, -0.15) is 0 Å². The third kappa shape index (κ3) is 5.41. The van der Waals surface area contributed by atoms with Crippen molar-refractivity contribution in [3.05, 3.63) is 70.2 Å². The van der Waals surface area contributed by atoms with Gasteiger partial charge in [-0.05, 0) is 36.8 Å². The van der Waals surface area contributed by atoms with E-state index in [4.69, 9.17) is 27.9 Å². The zero-order valence-electron chi connectivity index (χ0n) is 12.8. The number of hydrogen-bond acceptors (Lipinski definition) is 3. The van der Waals surface area contributed by atoms with Crippen LogP contribution in [0.4, 0.5) is 5.69 Å². The Morgan fingerprint density at radius 1 is 1.12 bits per heavy atom. The highest BCUT2D eigenvalue weighted by Gasteiger charge is 2.17. The van der Waals surface area contributed by atoms with E-state index in [-0.39, 0.29) is 0 Å². The van der Waals surface area contributed by atoms with Crippen LogP contribution < -0.4 is 5.32 Å². The summed E-state index contributed by atoms with van der Waals surface area (Å²) >= 11 is 11.8. The highest BCUT2D eigenvalue weighted by molar-refractivity contribution is 6.35. The van der Waals surface area contributed by atoms with Crippen LogP contribution in [0.1, 0.15) is 12.5 Å². The summed E-state index contributed by atoms with van der Waals surface area (Å²) in [6, 6.07) is 14.0. The lowest BCUT2D eigenvalue weighted by molar-refractivity contribution is -0.148. The van der Waals surface area contributed by atoms with E-state index in [1.165, 1.54) is 19.1 Å². The van der Waals surface area contributed by atoms with E-state index >= 15 is 0 Å². The number of halogens is 2. The Morgan fingerprint density at radius 2 is 1.83 bits per heavy atom. The maximum Gasteiger partial charge on any atom is 0.331 e. The van der Waals surface area contributed by atoms with Gasteiger partial charge in [-0.1, -0.05) is 53.5 Å². The third-order valence-corrected chi connectivity index (χ3v) is 3.62. The molecule has 0 saturated heterocycles. The van der Waals surface area contributed by atoms with Crippen LogP contribution in [0.5, 0.6) is 0 Å². The zero-order valence-corrected chi connectivity index (χ0v) is 14.3. The molecular formula is C18H15Cl2NO3. The minimum atomic E-state index is -0.979. The monoisotopic (exact) mass is 363 g/mol. The molecule has 0 bridgehead atoms. The van der Waals surface area contributed by atoms with Crippen LogP contribution >= 0.6 is 23.2 Å². The van der Waals surface area contributed by atoms with Gasteiger partial charge in [0.05, 0.1) is 10.7 Å². The Morgan fingerprint density at radius 3 is 2.54 bits per heavy atom. The largest absolute Gasteiger partial charge is 0.449 e. The standard InChI is InChI=1S/C18H15Cl2NO3/c1-12(18(23)21-16-11-14(19)8-9-15(16)20)24-17(22)10-7-13-5-3-2-4-6-13/h2-12H,1H3,(H,21,23)/b10-7+. The van der Waals surface area contributed by atoms with Crippen molar-refractivity contribution in [1.82, 2.24) is 0 Å². The molecule has 4 nitrogen and oxygen atoms in total. The van der Waals surface area contributed by atoms with Gasteiger partial charge in [0.1, 0.15) is 0 Å². The fourth-order valence-electron chi connectivity index (χ4n) is 1.82. The Kier molecular flexibility index (Phi) is 6.41. The quantitative estimate of drug-likeness (QED) is 0.624. The molecule has 1 amide bonds. The minimum absolute atomic E-state index is 0.343. The maximum atomic E-state index is 12.1. The van der Waals surface area contributed by atoms with E-state index in [0.29, 0.717) is 15.7 Å². The first kappa shape index (κ1) is 18.0. The van der Waals surface area contributed by atoms with Gasteiger partial charge in [0.25, 0.3) is 5.91 Å². The summed E-state index contributed by atoms with van der Waals surface area (Å²) in [6.07, 6.45) is 1.90. The van der Waals surface area contributed by atoms with E-state index < -0.39 is 18.0 Å². The predicted molar refractivity (Wildman–Crippen MR) is 96.1 cm³/mol. The Hall–Kier alpha value is -2.30. The molecule has 0 spiro atoms. The van der Waals surface area contributed by atoms with Crippen LogP contribution in [0.2, 0.25) is 10.0 Å². The molecule has 124 valence electrons. The van der Waals surface area contributed by atoms with Crippen LogP contribution in [-0.2, 0) is 14.3 Å². The minimum Gasteiger partial charge on any atom is -0.449 e. The van der Waals surface area contributed by atoms with Gasteiger partial charge in [-0.3, -0.25) is 4.79 Å². The topological polar surface area (TPSA) is 55.4 Å². The Balaban J connectivity index is 1.92. The first-order valence-electron chi connectivity index (χ1n) is 7.15. The average molecular weight is 364 g/mol. The molecule has 0 aliphatic carbocycles. The van der Waals surface area contributed by atoms with Gasteiger partial charge in [0, 0.05) is 11.1 Å². The summed E-state index contributed by atoms with van der Waals surface area (Å²) < 4.78 is 5.06. The van der Waals surface area contributed by atoms with Crippen molar-refractivity contribution in [3.63, 3.8) is 0 Å². The van der Waals surface area contributed by atoms with E-state index in [2.05, 4.69) is 5.32 Å². The summed E-state index contributed by atoms with van der Waals surface area (Å²) in [7, 11) is 0. The van der Waals surface area contributed by atoms with Gasteiger partial charge < -0.3 is 10.1 Å². The van der Waals surface area contributed by atoms with Gasteiger partial charge in [-0.25, -0.2) is 4.79 Å². The molecule has 0 radical (unpaired) electrons. The molecule has 1 atom stereocenters. The molecule has 24 heavy (non-hydrogen) atoms. The summed E-state index contributed by atoms with van der Waals surface area (Å²) in [5.74, 6) is -1.11. The lowest BCUT2D eigenvalue weighted by Crippen LogP contribution is -2.29. The smallest absolute Gasteiger partial charge is 0.331 e. The van der Waals surface area contributed by atoms with Crippen LogP contribution in [0.3, 0.4) is 0 Å². The van der Waals surface area contributed by atoms with Gasteiger partial charge in [0.15, 0.2) is 6.10 Å². The molecule has 1 unspecified atom stereocenters. The number of rotatable bonds is 5. The maximum absolute atomic E-state index is 12.1. The number of amides is 1. The number of carbonyl (C=O) groups is 2. The molecule has 1 N–H and O–H groups in total. The van der Waals surface area contributed by atoms with Gasteiger partial charge >= 0.3 is 5.97 Å². The molecule has 2 rings (SSSR count). The molecule has 0 aliphatic rings. The van der Waals surface area contributed by atoms with Crippen LogP contribution in [0.25, 0.3) is 6.08 Å². The summed E-state index contributed by atoms with van der Waals surface area (Å²) in [6.45, 7) is 1.47. The number of carbonyl (C=O) groups excluding carboxylic acids is 2. The van der Waals surface area contributed by atoms with Crippen molar-refractivity contribution in [3.8, 4) is 0 Å². The van der Waals surface area contributed by atoms with Crippen molar-refractivity contribution in [2.45, 2.75) is 13.0 Å². The molecule has 0 saturated carbocycles. The van der Waals surface area contributed by atoms with Crippen LogP contribution in [0, 0.1) is 0 Å². The molecule has 2 aromatic carbocycles. The Labute approximate surface area is 150 Å². The molecule has 0 heterocycles. The Bertz CT molecular complexity index is 760. The second-order valence-electron chi connectivity index (χ2n) is 4.94. The van der Waals surface area contributed by atoms with Crippen LogP contribution in [-0.4, -0.2) is 18.0 Å². The molecule has 2 aromatic rings. The summed E-state index contributed by atoms with van der Waals surface area (Å²) in [5, 5.41) is 3.35. The first-order chi connectivity index (χ1) is 11.5. The van der Waals surface area contributed by atoms with Gasteiger partial charge in [-0.15, -0.1) is 0 Å². The van der Waals surface area contributed by atoms with E-state index in [1.54, 1.807) is 18.2 Å². The van der Waals surface area contributed by atoms with Crippen molar-refractivity contribution < 1.29 is 14.3 Å².